The molecule has 2 aromatic rings. The second-order valence-corrected chi connectivity index (χ2v) is 7.23. The van der Waals surface area contributed by atoms with Crippen LogP contribution in [0.1, 0.15) is 6.92 Å². The summed E-state index contributed by atoms with van der Waals surface area (Å²) in [6, 6.07) is 11.0. The lowest BCUT2D eigenvalue weighted by molar-refractivity contribution is 0.454. The van der Waals surface area contributed by atoms with Gasteiger partial charge < -0.3 is 9.84 Å². The molecule has 6 heteroatoms. The summed E-state index contributed by atoms with van der Waals surface area (Å²) in [7, 11) is -3.24. The van der Waals surface area contributed by atoms with Crippen molar-refractivity contribution in [2.24, 2.45) is 0 Å². The zero-order valence-corrected chi connectivity index (χ0v) is 13.1. The second kappa shape index (κ2) is 5.85. The van der Waals surface area contributed by atoms with E-state index in [0.29, 0.717) is 16.0 Å². The summed E-state index contributed by atoms with van der Waals surface area (Å²) in [5.74, 6) is 1.10. The van der Waals surface area contributed by atoms with Gasteiger partial charge >= 0.3 is 0 Å². The highest BCUT2D eigenvalue weighted by atomic mass is 79.9. The first-order valence-electron chi connectivity index (χ1n) is 5.91. The number of ether oxygens (including phenoxy) is 1. The normalized spacial score (nSPS) is 11.3. The van der Waals surface area contributed by atoms with Crippen molar-refractivity contribution in [3.8, 4) is 17.2 Å². The number of hydrogen-bond donors (Lipinski definition) is 1. The van der Waals surface area contributed by atoms with Crippen LogP contribution in [-0.2, 0) is 9.84 Å². The molecule has 0 aromatic heterocycles. The van der Waals surface area contributed by atoms with Crippen LogP contribution < -0.4 is 4.74 Å². The molecule has 4 nitrogen and oxygen atoms in total. The van der Waals surface area contributed by atoms with E-state index in [-0.39, 0.29) is 16.4 Å². The van der Waals surface area contributed by atoms with Gasteiger partial charge in [0.2, 0.25) is 0 Å². The smallest absolute Gasteiger partial charge is 0.178 e. The number of hydrogen-bond acceptors (Lipinski definition) is 4. The monoisotopic (exact) mass is 356 g/mol. The number of rotatable bonds is 4. The van der Waals surface area contributed by atoms with Gasteiger partial charge in [-0.05, 0) is 46.3 Å². The number of sulfone groups is 1. The Morgan fingerprint density at radius 1 is 1.20 bits per heavy atom. The highest BCUT2D eigenvalue weighted by Crippen LogP contribution is 2.32. The Morgan fingerprint density at radius 3 is 2.55 bits per heavy atom. The van der Waals surface area contributed by atoms with Crippen molar-refractivity contribution < 1.29 is 18.3 Å². The van der Waals surface area contributed by atoms with Gasteiger partial charge in [0.05, 0.1) is 15.1 Å². The molecule has 2 rings (SSSR count). The Kier molecular flexibility index (Phi) is 4.35. The van der Waals surface area contributed by atoms with Crippen molar-refractivity contribution in [1.82, 2.24) is 0 Å². The quantitative estimate of drug-likeness (QED) is 0.906. The maximum Gasteiger partial charge on any atom is 0.178 e. The zero-order chi connectivity index (χ0) is 14.8. The summed E-state index contributed by atoms with van der Waals surface area (Å²) < 4.78 is 29.7. The number of benzene rings is 2. The van der Waals surface area contributed by atoms with Crippen LogP contribution in [-0.4, -0.2) is 19.3 Å². The fourth-order valence-corrected chi connectivity index (χ4v) is 3.12. The second-order valence-electron chi connectivity index (χ2n) is 4.10. The molecule has 0 bridgehead atoms. The molecule has 0 aliphatic rings. The Hall–Kier alpha value is -1.53. The van der Waals surface area contributed by atoms with E-state index in [4.69, 9.17) is 4.74 Å². The molecule has 2 aromatic carbocycles. The Labute approximate surface area is 126 Å². The number of phenols is 1. The lowest BCUT2D eigenvalue weighted by atomic mass is 10.3. The molecular weight excluding hydrogens is 344 g/mol. The van der Waals surface area contributed by atoms with Crippen LogP contribution >= 0.6 is 15.9 Å². The summed E-state index contributed by atoms with van der Waals surface area (Å²) in [5, 5.41) is 9.37. The minimum absolute atomic E-state index is 0.0478. The predicted octanol–water partition coefficient (Wildman–Crippen LogP) is 3.74. The third kappa shape index (κ3) is 3.32. The van der Waals surface area contributed by atoms with Gasteiger partial charge in [-0.2, -0.15) is 0 Å². The van der Waals surface area contributed by atoms with Crippen LogP contribution in [0.2, 0.25) is 0 Å². The summed E-state index contributed by atoms with van der Waals surface area (Å²) in [5.41, 5.74) is 0. The molecule has 0 heterocycles. The number of phenolic OH excluding ortho intramolecular Hbond substituents is 1. The molecule has 0 aliphatic carbocycles. The Balaban J connectivity index is 2.31. The molecule has 0 spiro atoms. The number of halogens is 1. The Morgan fingerprint density at radius 2 is 1.95 bits per heavy atom. The van der Waals surface area contributed by atoms with Crippen LogP contribution in [0, 0.1) is 0 Å². The van der Waals surface area contributed by atoms with Crippen LogP contribution in [0.5, 0.6) is 17.2 Å². The van der Waals surface area contributed by atoms with Crippen molar-refractivity contribution in [3.63, 3.8) is 0 Å². The SMILES string of the molecule is CCS(=O)(=O)c1ccc(Oc2cccc(O)c2)c(Br)c1. The standard InChI is InChI=1S/C14H13BrO4S/c1-2-20(17,18)12-6-7-14(13(15)9-12)19-11-5-3-4-10(16)8-11/h3-9,16H,2H2,1H3. The van der Waals surface area contributed by atoms with Gasteiger partial charge in [-0.15, -0.1) is 0 Å². The predicted molar refractivity (Wildman–Crippen MR) is 80.0 cm³/mol. The molecular formula is C14H13BrO4S. The third-order valence-electron chi connectivity index (χ3n) is 2.69. The number of aromatic hydroxyl groups is 1. The first-order chi connectivity index (χ1) is 9.42. The van der Waals surface area contributed by atoms with Crippen LogP contribution in [0.4, 0.5) is 0 Å². The van der Waals surface area contributed by atoms with E-state index < -0.39 is 9.84 Å². The van der Waals surface area contributed by atoms with Crippen molar-refractivity contribution in [2.75, 3.05) is 5.75 Å². The van der Waals surface area contributed by atoms with Crippen LogP contribution in [0.25, 0.3) is 0 Å². The van der Waals surface area contributed by atoms with Gasteiger partial charge in [-0.1, -0.05) is 13.0 Å². The fraction of sp³-hybridized carbons (Fsp3) is 0.143. The first kappa shape index (κ1) is 14.9. The Bertz CT molecular complexity index is 726. The molecule has 0 fully saturated rings. The van der Waals surface area contributed by atoms with E-state index in [1.54, 1.807) is 31.2 Å². The molecule has 0 saturated carbocycles. The minimum Gasteiger partial charge on any atom is -0.508 e. The highest BCUT2D eigenvalue weighted by molar-refractivity contribution is 9.10. The van der Waals surface area contributed by atoms with Crippen molar-refractivity contribution in [1.29, 1.82) is 0 Å². The first-order valence-corrected chi connectivity index (χ1v) is 8.36. The van der Waals surface area contributed by atoms with Crippen molar-refractivity contribution >= 4 is 25.8 Å². The summed E-state index contributed by atoms with van der Waals surface area (Å²) >= 11 is 3.29. The zero-order valence-electron chi connectivity index (χ0n) is 10.7. The van der Waals surface area contributed by atoms with E-state index in [9.17, 15) is 13.5 Å². The lowest BCUT2D eigenvalue weighted by Gasteiger charge is -2.09. The molecule has 1 N–H and O–H groups in total. The molecule has 0 atom stereocenters. The minimum atomic E-state index is -3.24. The van der Waals surface area contributed by atoms with E-state index in [2.05, 4.69) is 15.9 Å². The van der Waals surface area contributed by atoms with Gasteiger partial charge in [0, 0.05) is 6.07 Å². The molecule has 0 unspecified atom stereocenters. The summed E-state index contributed by atoms with van der Waals surface area (Å²) in [4.78, 5) is 0.245. The van der Waals surface area contributed by atoms with E-state index >= 15 is 0 Å². The van der Waals surface area contributed by atoms with Gasteiger partial charge in [0.25, 0.3) is 0 Å². The highest BCUT2D eigenvalue weighted by Gasteiger charge is 2.14. The van der Waals surface area contributed by atoms with Gasteiger partial charge in [0.15, 0.2) is 9.84 Å². The fourth-order valence-electron chi connectivity index (χ4n) is 1.60. The topological polar surface area (TPSA) is 63.6 Å². The third-order valence-corrected chi connectivity index (χ3v) is 5.04. The summed E-state index contributed by atoms with van der Waals surface area (Å²) in [6.07, 6.45) is 0. The van der Waals surface area contributed by atoms with E-state index in [1.807, 2.05) is 0 Å². The van der Waals surface area contributed by atoms with Crippen molar-refractivity contribution in [2.45, 2.75) is 11.8 Å². The lowest BCUT2D eigenvalue weighted by Crippen LogP contribution is -2.03. The van der Waals surface area contributed by atoms with Gasteiger partial charge in [-0.3, -0.25) is 0 Å². The van der Waals surface area contributed by atoms with E-state index in [0.717, 1.165) is 0 Å². The molecule has 0 aliphatic heterocycles. The molecule has 20 heavy (non-hydrogen) atoms. The van der Waals surface area contributed by atoms with E-state index in [1.165, 1.54) is 18.2 Å². The van der Waals surface area contributed by atoms with Crippen LogP contribution in [0.3, 0.4) is 0 Å². The molecule has 0 saturated heterocycles. The van der Waals surface area contributed by atoms with Gasteiger partial charge in [-0.25, -0.2) is 8.42 Å². The maximum absolute atomic E-state index is 11.8. The molecule has 106 valence electrons. The molecule has 0 radical (unpaired) electrons. The maximum atomic E-state index is 11.8. The molecule has 0 amide bonds. The van der Waals surface area contributed by atoms with Crippen LogP contribution in [0.15, 0.2) is 51.8 Å². The average molecular weight is 357 g/mol. The van der Waals surface area contributed by atoms with Crippen molar-refractivity contribution in [3.05, 3.63) is 46.9 Å². The van der Waals surface area contributed by atoms with Gasteiger partial charge in [0.1, 0.15) is 17.2 Å². The average Bonchev–Trinajstić information content (AvgIpc) is 2.41. The summed E-state index contributed by atoms with van der Waals surface area (Å²) in [6.45, 7) is 1.60. The largest absolute Gasteiger partial charge is 0.508 e.